The van der Waals surface area contributed by atoms with E-state index < -0.39 is 0 Å². The van der Waals surface area contributed by atoms with E-state index in [0.717, 1.165) is 22.6 Å². The number of nitrogens with zero attached hydrogens (tertiary/aromatic N) is 5. The zero-order chi connectivity index (χ0) is 18.1. The number of aromatic nitrogens is 6. The number of imidazole rings is 1. The third-order valence-electron chi connectivity index (χ3n) is 4.27. The maximum Gasteiger partial charge on any atom is 0.227 e. The maximum absolute atomic E-state index is 6.16. The van der Waals surface area contributed by atoms with Crippen molar-refractivity contribution in [3.05, 3.63) is 47.7 Å². The summed E-state index contributed by atoms with van der Waals surface area (Å²) in [6.07, 6.45) is 1.84. The minimum absolute atomic E-state index is 0.354. The third-order valence-corrected chi connectivity index (χ3v) is 4.27. The van der Waals surface area contributed by atoms with E-state index in [0.29, 0.717) is 36.0 Å². The van der Waals surface area contributed by atoms with Crippen molar-refractivity contribution >= 4 is 22.9 Å². The second kappa shape index (κ2) is 6.47. The molecule has 4 aromatic rings. The molecule has 0 aliphatic heterocycles. The van der Waals surface area contributed by atoms with Gasteiger partial charge in [0, 0.05) is 19.3 Å². The highest BCUT2D eigenvalue weighted by molar-refractivity contribution is 5.86. The molecule has 3 aromatic heterocycles. The maximum atomic E-state index is 6.16. The van der Waals surface area contributed by atoms with E-state index in [1.165, 1.54) is 0 Å². The first-order chi connectivity index (χ1) is 12.7. The highest BCUT2D eigenvalue weighted by Gasteiger charge is 2.19. The van der Waals surface area contributed by atoms with E-state index in [9.17, 15) is 0 Å². The van der Waals surface area contributed by atoms with Crippen LogP contribution in [0.4, 0.5) is 11.8 Å². The Kier molecular flexibility index (Phi) is 4.00. The zero-order valence-electron chi connectivity index (χ0n) is 14.7. The molecule has 0 aliphatic carbocycles. The summed E-state index contributed by atoms with van der Waals surface area (Å²) in [5.41, 5.74) is 10.4. The van der Waals surface area contributed by atoms with Gasteiger partial charge in [-0.05, 0) is 25.0 Å². The first-order valence-electron chi connectivity index (χ1n) is 8.49. The van der Waals surface area contributed by atoms with Crippen molar-refractivity contribution in [1.82, 2.24) is 29.7 Å². The van der Waals surface area contributed by atoms with Crippen LogP contribution in [-0.2, 0) is 13.1 Å². The summed E-state index contributed by atoms with van der Waals surface area (Å²) in [5.74, 6) is 1.58. The molecular formula is C18H20N8. The number of anilines is 2. The largest absolute Gasteiger partial charge is 0.382 e. The Morgan fingerprint density at radius 3 is 2.65 bits per heavy atom. The van der Waals surface area contributed by atoms with Gasteiger partial charge < -0.3 is 15.6 Å². The Morgan fingerprint density at radius 2 is 1.96 bits per heavy atom. The molecule has 4 N–H and O–H groups in total. The Labute approximate surface area is 150 Å². The highest BCUT2D eigenvalue weighted by atomic mass is 15.2. The van der Waals surface area contributed by atoms with Gasteiger partial charge in [0.05, 0.1) is 0 Å². The molecule has 0 saturated carbocycles. The number of nitrogen functional groups attached to an aromatic ring is 1. The fraction of sp³-hybridized carbons (Fsp3) is 0.222. The normalized spacial score (nSPS) is 11.2. The molecule has 1 aromatic carbocycles. The van der Waals surface area contributed by atoms with E-state index in [1.54, 1.807) is 0 Å². The van der Waals surface area contributed by atoms with Crippen LogP contribution in [0.2, 0.25) is 0 Å². The molecule has 0 atom stereocenters. The van der Waals surface area contributed by atoms with Crippen LogP contribution < -0.4 is 11.1 Å². The van der Waals surface area contributed by atoms with Crippen molar-refractivity contribution in [2.75, 3.05) is 11.1 Å². The van der Waals surface area contributed by atoms with Crippen molar-refractivity contribution in [1.29, 1.82) is 0 Å². The predicted octanol–water partition coefficient (Wildman–Crippen LogP) is 2.74. The lowest BCUT2D eigenvalue weighted by atomic mass is 10.2. The van der Waals surface area contributed by atoms with Crippen LogP contribution in [0.1, 0.15) is 18.1 Å². The van der Waals surface area contributed by atoms with Crippen LogP contribution >= 0.6 is 0 Å². The molecule has 0 spiro atoms. The van der Waals surface area contributed by atoms with Gasteiger partial charge in [0.15, 0.2) is 22.8 Å². The number of nitrogens with one attached hydrogen (secondary N) is 2. The van der Waals surface area contributed by atoms with E-state index in [4.69, 9.17) is 5.73 Å². The number of rotatable bonds is 5. The van der Waals surface area contributed by atoms with Crippen molar-refractivity contribution in [3.8, 4) is 11.5 Å². The average Bonchev–Trinajstić information content (AvgIpc) is 3.24. The summed E-state index contributed by atoms with van der Waals surface area (Å²) in [7, 11) is 0. The van der Waals surface area contributed by atoms with Gasteiger partial charge in [0.2, 0.25) is 5.95 Å². The zero-order valence-corrected chi connectivity index (χ0v) is 14.7. The van der Waals surface area contributed by atoms with Gasteiger partial charge in [0.1, 0.15) is 5.69 Å². The minimum Gasteiger partial charge on any atom is -0.382 e. The van der Waals surface area contributed by atoms with Crippen LogP contribution in [0, 0.1) is 6.92 Å². The lowest BCUT2D eigenvalue weighted by Gasteiger charge is -2.07. The molecule has 0 amide bonds. The van der Waals surface area contributed by atoms with Crippen molar-refractivity contribution in [2.45, 2.75) is 26.9 Å². The van der Waals surface area contributed by atoms with Crippen LogP contribution in [0.3, 0.4) is 0 Å². The molecular weight excluding hydrogens is 328 g/mol. The van der Waals surface area contributed by atoms with Crippen LogP contribution in [0.25, 0.3) is 22.7 Å². The molecule has 0 radical (unpaired) electrons. The first-order valence-corrected chi connectivity index (χ1v) is 8.49. The quantitative estimate of drug-likeness (QED) is 0.511. The second-order valence-corrected chi connectivity index (χ2v) is 6.04. The van der Waals surface area contributed by atoms with E-state index >= 15 is 0 Å². The Bertz CT molecular complexity index is 1050. The van der Waals surface area contributed by atoms with Crippen LogP contribution in [0.15, 0.2) is 36.5 Å². The number of nitrogens with two attached hydrogens (primary N) is 1. The molecule has 132 valence electrons. The van der Waals surface area contributed by atoms with Crippen LogP contribution in [-0.4, -0.2) is 29.7 Å². The van der Waals surface area contributed by atoms with Gasteiger partial charge in [-0.1, -0.05) is 30.3 Å². The van der Waals surface area contributed by atoms with Gasteiger partial charge in [-0.25, -0.2) is 4.98 Å². The summed E-state index contributed by atoms with van der Waals surface area (Å²) < 4.78 is 2.00. The van der Waals surface area contributed by atoms with E-state index in [-0.39, 0.29) is 0 Å². The molecule has 0 bridgehead atoms. The Balaban J connectivity index is 1.75. The predicted molar refractivity (Wildman–Crippen MR) is 101 cm³/mol. The van der Waals surface area contributed by atoms with Gasteiger partial charge in [-0.2, -0.15) is 15.1 Å². The third kappa shape index (κ3) is 2.75. The molecule has 0 aliphatic rings. The van der Waals surface area contributed by atoms with Gasteiger partial charge >= 0.3 is 0 Å². The van der Waals surface area contributed by atoms with E-state index in [2.05, 4.69) is 30.5 Å². The van der Waals surface area contributed by atoms with Crippen molar-refractivity contribution < 1.29 is 0 Å². The summed E-state index contributed by atoms with van der Waals surface area (Å²) in [6, 6.07) is 10.1. The van der Waals surface area contributed by atoms with Gasteiger partial charge in [-0.15, -0.1) is 0 Å². The summed E-state index contributed by atoms with van der Waals surface area (Å²) in [4.78, 5) is 13.7. The second-order valence-electron chi connectivity index (χ2n) is 6.04. The van der Waals surface area contributed by atoms with Crippen molar-refractivity contribution in [2.24, 2.45) is 0 Å². The number of aromatic amines is 1. The number of benzene rings is 1. The van der Waals surface area contributed by atoms with Gasteiger partial charge in [-0.3, -0.25) is 5.10 Å². The molecule has 0 saturated heterocycles. The fourth-order valence-electron chi connectivity index (χ4n) is 2.93. The Morgan fingerprint density at radius 1 is 1.15 bits per heavy atom. The molecule has 0 fully saturated rings. The average molecular weight is 348 g/mol. The molecule has 3 heterocycles. The summed E-state index contributed by atoms with van der Waals surface area (Å²) in [5, 5.41) is 10.4. The smallest absolute Gasteiger partial charge is 0.227 e. The SMILES string of the molecule is CCn1c(-c2n[nH]cc2C)nc2c(N)nc(NCc3ccccc3)nc21. The first kappa shape index (κ1) is 16.1. The van der Waals surface area contributed by atoms with Crippen molar-refractivity contribution in [3.63, 3.8) is 0 Å². The minimum atomic E-state index is 0.354. The number of hydrogen-bond acceptors (Lipinski definition) is 6. The number of fused-ring (bicyclic) bond motifs is 1. The summed E-state index contributed by atoms with van der Waals surface area (Å²) in [6.45, 7) is 5.35. The lowest BCUT2D eigenvalue weighted by molar-refractivity contribution is 0.782. The Hall–Kier alpha value is -3.42. The molecule has 8 nitrogen and oxygen atoms in total. The van der Waals surface area contributed by atoms with Crippen LogP contribution in [0.5, 0.6) is 0 Å². The van der Waals surface area contributed by atoms with Gasteiger partial charge in [0.25, 0.3) is 0 Å². The topological polar surface area (TPSA) is 110 Å². The monoisotopic (exact) mass is 348 g/mol. The standard InChI is InChI=1S/C18H20N8/c1-3-26-16(13-11(2)9-21-25-13)22-14-15(19)23-18(24-17(14)26)20-10-12-7-5-4-6-8-12/h4-9H,3,10H2,1-2H3,(H,21,25)(H3,19,20,23,24). The number of aryl methyl sites for hydroxylation is 2. The molecule has 8 heteroatoms. The number of H-pyrrole nitrogens is 1. The molecule has 0 unspecified atom stereocenters. The lowest BCUT2D eigenvalue weighted by Crippen LogP contribution is -2.07. The highest BCUT2D eigenvalue weighted by Crippen LogP contribution is 2.27. The summed E-state index contributed by atoms with van der Waals surface area (Å²) >= 11 is 0. The fourth-order valence-corrected chi connectivity index (χ4v) is 2.93. The number of hydrogen-bond donors (Lipinski definition) is 3. The van der Waals surface area contributed by atoms with E-state index in [1.807, 2.05) is 54.9 Å². The molecule has 26 heavy (non-hydrogen) atoms. The molecule has 4 rings (SSSR count).